The monoisotopic (exact) mass is 502 g/mol. The van der Waals surface area contributed by atoms with Gasteiger partial charge >= 0.3 is 0 Å². The summed E-state index contributed by atoms with van der Waals surface area (Å²) in [7, 11) is 1.90. The number of nitrogen functional groups attached to an aromatic ring is 1. The Labute approximate surface area is 219 Å². The third-order valence-corrected chi connectivity index (χ3v) is 6.03. The molecule has 0 bridgehead atoms. The number of aryl methyl sites for hydroxylation is 2. The summed E-state index contributed by atoms with van der Waals surface area (Å²) < 4.78 is 3.18. The molecule has 0 fully saturated rings. The molecule has 0 atom stereocenters. The standard InChI is InChI=1S/C22H19N3.C7H7N5O/c1-3-19-21(16-8-5-4-6-9-16)22-17(10-7-11-20(22)23-19)12-13-18-14-15-25(2)24-18;8-5-4(6(9)13)7-10-2-1-3-12(7)11-5/h4-11,14-15,23H,3H2,1-2H3;1-3H,(H2,8,11)(H2,9,13). The van der Waals surface area contributed by atoms with Crippen molar-refractivity contribution in [3.63, 3.8) is 0 Å². The molecule has 0 saturated carbocycles. The number of nitrogens with one attached hydrogen (secondary N) is 1. The fourth-order valence-corrected chi connectivity index (χ4v) is 4.35. The number of aromatic nitrogens is 6. The molecular weight excluding hydrogens is 476 g/mol. The number of primary amides is 1. The molecule has 0 saturated heterocycles. The lowest BCUT2D eigenvalue weighted by atomic mass is 9.98. The van der Waals surface area contributed by atoms with Crippen LogP contribution in [0.1, 0.15) is 34.2 Å². The number of amides is 1. The molecule has 6 aromatic rings. The maximum Gasteiger partial charge on any atom is 0.256 e. The van der Waals surface area contributed by atoms with E-state index in [0.29, 0.717) is 5.65 Å². The number of nitrogens with zero attached hydrogens (tertiary/aromatic N) is 5. The zero-order chi connectivity index (χ0) is 26.6. The molecule has 2 aromatic carbocycles. The molecule has 0 radical (unpaired) electrons. The van der Waals surface area contributed by atoms with E-state index in [0.717, 1.165) is 23.2 Å². The van der Waals surface area contributed by atoms with Gasteiger partial charge in [0, 0.05) is 53.4 Å². The highest BCUT2D eigenvalue weighted by molar-refractivity contribution is 6.03. The van der Waals surface area contributed by atoms with E-state index in [2.05, 4.69) is 81.4 Å². The van der Waals surface area contributed by atoms with E-state index in [9.17, 15) is 4.79 Å². The average Bonchev–Trinajstić information content (AvgIpc) is 3.62. The first-order valence-electron chi connectivity index (χ1n) is 12.1. The van der Waals surface area contributed by atoms with Crippen LogP contribution in [0.2, 0.25) is 0 Å². The molecule has 0 aliphatic rings. The second kappa shape index (κ2) is 10.3. The smallest absolute Gasteiger partial charge is 0.256 e. The molecule has 0 unspecified atom stereocenters. The highest BCUT2D eigenvalue weighted by atomic mass is 16.1. The summed E-state index contributed by atoms with van der Waals surface area (Å²) >= 11 is 0. The van der Waals surface area contributed by atoms with Crippen LogP contribution in [0.15, 0.2) is 79.3 Å². The molecule has 6 rings (SSSR count). The van der Waals surface area contributed by atoms with E-state index in [1.165, 1.54) is 26.7 Å². The highest BCUT2D eigenvalue weighted by Crippen LogP contribution is 2.34. The number of benzene rings is 2. The van der Waals surface area contributed by atoms with Gasteiger partial charge in [0.2, 0.25) is 0 Å². The number of hydrogen-bond acceptors (Lipinski definition) is 5. The van der Waals surface area contributed by atoms with Gasteiger partial charge in [0.25, 0.3) is 5.91 Å². The van der Waals surface area contributed by atoms with E-state index >= 15 is 0 Å². The van der Waals surface area contributed by atoms with Crippen LogP contribution in [0.3, 0.4) is 0 Å². The van der Waals surface area contributed by atoms with E-state index in [4.69, 9.17) is 11.5 Å². The Hall–Kier alpha value is -5.36. The Morgan fingerprint density at radius 2 is 1.82 bits per heavy atom. The lowest BCUT2D eigenvalue weighted by Crippen LogP contribution is -2.12. The van der Waals surface area contributed by atoms with Crippen LogP contribution in [0, 0.1) is 11.8 Å². The van der Waals surface area contributed by atoms with Crippen LogP contribution in [0.25, 0.3) is 27.7 Å². The summed E-state index contributed by atoms with van der Waals surface area (Å²) in [5.74, 6) is 5.99. The van der Waals surface area contributed by atoms with Crippen molar-refractivity contribution < 1.29 is 4.79 Å². The maximum atomic E-state index is 10.9. The van der Waals surface area contributed by atoms with Crippen LogP contribution in [-0.2, 0) is 13.5 Å². The van der Waals surface area contributed by atoms with Crippen molar-refractivity contribution in [1.29, 1.82) is 0 Å². The third kappa shape index (κ3) is 4.70. The van der Waals surface area contributed by atoms with Gasteiger partial charge in [0.15, 0.2) is 11.5 Å². The summed E-state index contributed by atoms with van der Waals surface area (Å²) in [5.41, 5.74) is 17.8. The van der Waals surface area contributed by atoms with Crippen LogP contribution >= 0.6 is 0 Å². The van der Waals surface area contributed by atoms with Crippen LogP contribution < -0.4 is 11.5 Å². The summed E-state index contributed by atoms with van der Waals surface area (Å²) in [6, 6.07) is 20.4. The van der Waals surface area contributed by atoms with Crippen molar-refractivity contribution >= 4 is 28.3 Å². The fourth-order valence-electron chi connectivity index (χ4n) is 4.35. The number of carbonyl (C=O) groups excluding carboxylic acids is 1. The number of aromatic amines is 1. The molecule has 188 valence electrons. The Morgan fingerprint density at radius 1 is 1.00 bits per heavy atom. The van der Waals surface area contributed by atoms with Crippen molar-refractivity contribution in [3.05, 3.63) is 102 Å². The first-order valence-corrected chi connectivity index (χ1v) is 12.1. The molecule has 38 heavy (non-hydrogen) atoms. The van der Waals surface area contributed by atoms with Crippen molar-refractivity contribution in [1.82, 2.24) is 29.4 Å². The van der Waals surface area contributed by atoms with Gasteiger partial charge in [0.05, 0.1) is 0 Å². The first kappa shape index (κ1) is 24.3. The van der Waals surface area contributed by atoms with Gasteiger partial charge in [-0.2, -0.15) is 5.10 Å². The van der Waals surface area contributed by atoms with E-state index < -0.39 is 5.91 Å². The van der Waals surface area contributed by atoms with Crippen molar-refractivity contribution in [2.45, 2.75) is 13.3 Å². The second-order valence-corrected chi connectivity index (χ2v) is 8.56. The molecule has 0 aliphatic heterocycles. The number of H-pyrrole nitrogens is 1. The minimum Gasteiger partial charge on any atom is -0.381 e. The number of fused-ring (bicyclic) bond motifs is 2. The summed E-state index contributed by atoms with van der Waals surface area (Å²) in [5, 5.41) is 9.40. The molecule has 5 N–H and O–H groups in total. The maximum absolute atomic E-state index is 10.9. The van der Waals surface area contributed by atoms with Gasteiger partial charge in [-0.1, -0.05) is 49.2 Å². The fraction of sp³-hybridized carbons (Fsp3) is 0.103. The van der Waals surface area contributed by atoms with Crippen molar-refractivity contribution in [2.24, 2.45) is 12.8 Å². The second-order valence-electron chi connectivity index (χ2n) is 8.56. The molecule has 9 heteroatoms. The predicted molar refractivity (Wildman–Crippen MR) is 148 cm³/mol. The van der Waals surface area contributed by atoms with Gasteiger partial charge in [-0.05, 0) is 42.2 Å². The Morgan fingerprint density at radius 3 is 2.53 bits per heavy atom. The average molecular weight is 503 g/mol. The van der Waals surface area contributed by atoms with E-state index in [1.54, 1.807) is 23.1 Å². The van der Waals surface area contributed by atoms with E-state index in [1.807, 2.05) is 25.4 Å². The largest absolute Gasteiger partial charge is 0.381 e. The lowest BCUT2D eigenvalue weighted by Gasteiger charge is -2.04. The highest BCUT2D eigenvalue weighted by Gasteiger charge is 2.16. The van der Waals surface area contributed by atoms with Gasteiger partial charge in [0.1, 0.15) is 11.3 Å². The summed E-state index contributed by atoms with van der Waals surface area (Å²) in [4.78, 5) is 18.5. The van der Waals surface area contributed by atoms with Crippen molar-refractivity contribution in [3.8, 4) is 23.0 Å². The van der Waals surface area contributed by atoms with Crippen LogP contribution in [0.4, 0.5) is 5.82 Å². The Bertz CT molecular complexity index is 1820. The van der Waals surface area contributed by atoms with E-state index in [-0.39, 0.29) is 11.4 Å². The summed E-state index contributed by atoms with van der Waals surface area (Å²) in [6.45, 7) is 2.18. The number of carbonyl (C=O) groups is 1. The lowest BCUT2D eigenvalue weighted by molar-refractivity contribution is 0.100. The summed E-state index contributed by atoms with van der Waals surface area (Å²) in [6.07, 6.45) is 6.05. The topological polar surface area (TPSA) is 133 Å². The van der Waals surface area contributed by atoms with Gasteiger partial charge in [-0.25, -0.2) is 9.50 Å². The Kier molecular flexibility index (Phi) is 6.61. The number of rotatable bonds is 3. The number of hydrogen-bond donors (Lipinski definition) is 3. The molecule has 9 nitrogen and oxygen atoms in total. The molecule has 0 spiro atoms. The molecular formula is C29H26N8O. The Balaban J connectivity index is 0.000000190. The first-order chi connectivity index (χ1) is 18.5. The minimum absolute atomic E-state index is 0.103. The van der Waals surface area contributed by atoms with Crippen molar-refractivity contribution in [2.75, 3.05) is 5.73 Å². The van der Waals surface area contributed by atoms with Gasteiger partial charge in [-0.3, -0.25) is 9.48 Å². The zero-order valence-corrected chi connectivity index (χ0v) is 21.0. The SMILES string of the molecule is CCc1[nH]c2cccc(C#Cc3ccn(C)n3)c2c1-c1ccccc1.NC(=O)c1c(N)nn2cccnc12. The number of nitrogens with two attached hydrogens (primary N) is 2. The molecule has 1 amide bonds. The molecule has 0 aliphatic carbocycles. The quantitative estimate of drug-likeness (QED) is 0.315. The normalized spacial score (nSPS) is 10.6. The van der Waals surface area contributed by atoms with Gasteiger partial charge < -0.3 is 16.5 Å². The van der Waals surface area contributed by atoms with Crippen LogP contribution in [0.5, 0.6) is 0 Å². The zero-order valence-electron chi connectivity index (χ0n) is 21.0. The minimum atomic E-state index is -0.619. The molecule has 4 heterocycles. The predicted octanol–water partition coefficient (Wildman–Crippen LogP) is 3.94. The molecule has 4 aromatic heterocycles. The van der Waals surface area contributed by atoms with Gasteiger partial charge in [-0.15, -0.1) is 5.10 Å². The van der Waals surface area contributed by atoms with Crippen LogP contribution in [-0.4, -0.2) is 35.3 Å². The third-order valence-electron chi connectivity index (χ3n) is 6.03. The number of anilines is 1.